The molecule has 1 atom stereocenters. The third-order valence-corrected chi connectivity index (χ3v) is 4.45. The number of aromatic nitrogens is 1. The quantitative estimate of drug-likeness (QED) is 0.813. The van der Waals surface area contributed by atoms with E-state index in [1.807, 2.05) is 24.3 Å². The van der Waals surface area contributed by atoms with Crippen molar-refractivity contribution in [2.75, 3.05) is 13.7 Å². The third kappa shape index (κ3) is 2.92. The maximum atomic E-state index is 11.5. The van der Waals surface area contributed by atoms with Crippen LogP contribution in [0.2, 0.25) is 0 Å². The van der Waals surface area contributed by atoms with E-state index in [9.17, 15) is 4.79 Å². The predicted octanol–water partition coefficient (Wildman–Crippen LogP) is 3.15. The van der Waals surface area contributed by atoms with Gasteiger partial charge in [0.15, 0.2) is 0 Å². The number of nitrogens with zero attached hydrogens (tertiary/aromatic N) is 2. The summed E-state index contributed by atoms with van der Waals surface area (Å²) in [4.78, 5) is 14.0. The van der Waals surface area contributed by atoms with Crippen LogP contribution in [0.1, 0.15) is 40.5 Å². The van der Waals surface area contributed by atoms with Crippen LogP contribution in [0.15, 0.2) is 42.6 Å². The molecule has 4 heteroatoms. The fraction of sp³-hybridized carbons (Fsp3) is 0.389. The summed E-state index contributed by atoms with van der Waals surface area (Å²) in [5.41, 5.74) is 3.21. The number of hydrogen-bond acceptors (Lipinski definition) is 3. The minimum Gasteiger partial charge on any atom is -0.465 e. The van der Waals surface area contributed by atoms with Crippen molar-refractivity contribution in [2.24, 2.45) is 7.05 Å². The number of rotatable bonds is 4. The molecule has 0 aliphatic carbocycles. The fourth-order valence-corrected chi connectivity index (χ4v) is 3.27. The van der Waals surface area contributed by atoms with Crippen LogP contribution in [0.4, 0.5) is 0 Å². The first-order chi connectivity index (χ1) is 10.7. The largest absolute Gasteiger partial charge is 0.465 e. The highest BCUT2D eigenvalue weighted by atomic mass is 16.5. The van der Waals surface area contributed by atoms with Gasteiger partial charge in [-0.15, -0.1) is 0 Å². The molecule has 1 saturated heterocycles. The average molecular weight is 298 g/mol. The van der Waals surface area contributed by atoms with Crippen LogP contribution in [0.5, 0.6) is 0 Å². The van der Waals surface area contributed by atoms with Crippen molar-refractivity contribution in [3.63, 3.8) is 0 Å². The van der Waals surface area contributed by atoms with Crippen molar-refractivity contribution in [3.05, 3.63) is 59.4 Å². The molecular weight excluding hydrogens is 276 g/mol. The number of esters is 1. The van der Waals surface area contributed by atoms with E-state index < -0.39 is 0 Å². The van der Waals surface area contributed by atoms with Gasteiger partial charge in [-0.05, 0) is 49.2 Å². The second-order valence-corrected chi connectivity index (χ2v) is 5.86. The SMILES string of the molecule is COC(=O)c1ccc(CN2CCC[C@@H]2c2cccn2C)cc1. The zero-order valence-electron chi connectivity index (χ0n) is 13.2. The zero-order valence-corrected chi connectivity index (χ0v) is 13.2. The van der Waals surface area contributed by atoms with Crippen LogP contribution in [-0.2, 0) is 18.3 Å². The van der Waals surface area contributed by atoms with Crippen molar-refractivity contribution in [3.8, 4) is 0 Å². The van der Waals surface area contributed by atoms with E-state index in [1.165, 1.54) is 31.2 Å². The van der Waals surface area contributed by atoms with Crippen LogP contribution in [0, 0.1) is 0 Å². The van der Waals surface area contributed by atoms with Gasteiger partial charge >= 0.3 is 5.97 Å². The lowest BCUT2D eigenvalue weighted by atomic mass is 10.1. The molecule has 0 bridgehead atoms. The molecule has 1 aromatic carbocycles. The molecule has 0 radical (unpaired) electrons. The Hall–Kier alpha value is -2.07. The number of methoxy groups -OCH3 is 1. The molecule has 0 unspecified atom stereocenters. The summed E-state index contributed by atoms with van der Waals surface area (Å²) in [6, 6.07) is 12.5. The lowest BCUT2D eigenvalue weighted by Crippen LogP contribution is -2.24. The Bertz CT molecular complexity index is 645. The number of hydrogen-bond donors (Lipinski definition) is 0. The molecule has 2 heterocycles. The topological polar surface area (TPSA) is 34.5 Å². The highest BCUT2D eigenvalue weighted by Crippen LogP contribution is 2.33. The Morgan fingerprint density at radius 3 is 2.68 bits per heavy atom. The number of likely N-dealkylation sites (tertiary alicyclic amines) is 1. The molecule has 1 aliphatic heterocycles. The van der Waals surface area contributed by atoms with E-state index in [0.717, 1.165) is 13.1 Å². The first-order valence-electron chi connectivity index (χ1n) is 7.71. The van der Waals surface area contributed by atoms with Crippen molar-refractivity contribution in [2.45, 2.75) is 25.4 Å². The van der Waals surface area contributed by atoms with Gasteiger partial charge in [0.05, 0.1) is 18.7 Å². The molecular formula is C18H22N2O2. The highest BCUT2D eigenvalue weighted by Gasteiger charge is 2.27. The number of carbonyl (C=O) groups excluding carboxylic acids is 1. The van der Waals surface area contributed by atoms with E-state index >= 15 is 0 Å². The van der Waals surface area contributed by atoms with Gasteiger partial charge in [-0.2, -0.15) is 0 Å². The second-order valence-electron chi connectivity index (χ2n) is 5.86. The minimum absolute atomic E-state index is 0.283. The van der Waals surface area contributed by atoms with Crippen molar-refractivity contribution in [1.29, 1.82) is 0 Å². The average Bonchev–Trinajstić information content (AvgIpc) is 3.15. The molecule has 3 rings (SSSR count). The van der Waals surface area contributed by atoms with E-state index in [1.54, 1.807) is 0 Å². The first-order valence-corrected chi connectivity index (χ1v) is 7.71. The summed E-state index contributed by atoms with van der Waals surface area (Å²) < 4.78 is 6.95. The standard InChI is InChI=1S/C18H22N2O2/c1-19-11-3-5-16(19)17-6-4-12-20(17)13-14-7-9-15(10-8-14)18(21)22-2/h3,5,7-11,17H,4,6,12-13H2,1-2H3/t17-/m1/s1. The van der Waals surface area contributed by atoms with Gasteiger partial charge in [0.25, 0.3) is 0 Å². The molecule has 1 aliphatic rings. The smallest absolute Gasteiger partial charge is 0.337 e. The van der Waals surface area contributed by atoms with Gasteiger partial charge in [0.1, 0.15) is 0 Å². The van der Waals surface area contributed by atoms with E-state index in [2.05, 4.69) is 34.8 Å². The van der Waals surface area contributed by atoms with Crippen molar-refractivity contribution in [1.82, 2.24) is 9.47 Å². The fourth-order valence-electron chi connectivity index (χ4n) is 3.27. The number of ether oxygens (including phenoxy) is 1. The molecule has 0 amide bonds. The number of benzene rings is 1. The van der Waals surface area contributed by atoms with Gasteiger partial charge < -0.3 is 9.30 Å². The van der Waals surface area contributed by atoms with E-state index in [4.69, 9.17) is 4.74 Å². The number of carbonyl (C=O) groups is 1. The predicted molar refractivity (Wildman–Crippen MR) is 85.6 cm³/mol. The van der Waals surface area contributed by atoms with Crippen LogP contribution in [0.25, 0.3) is 0 Å². The Morgan fingerprint density at radius 1 is 1.27 bits per heavy atom. The van der Waals surface area contributed by atoms with Crippen molar-refractivity contribution < 1.29 is 9.53 Å². The summed E-state index contributed by atoms with van der Waals surface area (Å²) >= 11 is 0. The van der Waals surface area contributed by atoms with Gasteiger partial charge in [-0.1, -0.05) is 12.1 Å². The molecule has 4 nitrogen and oxygen atoms in total. The van der Waals surface area contributed by atoms with Crippen LogP contribution < -0.4 is 0 Å². The molecule has 116 valence electrons. The maximum Gasteiger partial charge on any atom is 0.337 e. The van der Waals surface area contributed by atoms with Crippen molar-refractivity contribution >= 4 is 5.97 Å². The third-order valence-electron chi connectivity index (χ3n) is 4.45. The van der Waals surface area contributed by atoms with E-state index in [-0.39, 0.29) is 5.97 Å². The highest BCUT2D eigenvalue weighted by molar-refractivity contribution is 5.89. The minimum atomic E-state index is -0.283. The number of aryl methyl sites for hydroxylation is 1. The normalized spacial score (nSPS) is 18.5. The summed E-state index contributed by atoms with van der Waals surface area (Å²) in [7, 11) is 3.52. The Morgan fingerprint density at radius 2 is 2.05 bits per heavy atom. The van der Waals surface area contributed by atoms with Crippen LogP contribution in [-0.4, -0.2) is 29.1 Å². The first kappa shape index (κ1) is 14.9. The van der Waals surface area contributed by atoms with Crippen LogP contribution in [0.3, 0.4) is 0 Å². The molecule has 2 aromatic rings. The zero-order chi connectivity index (χ0) is 15.5. The molecule has 0 saturated carbocycles. The van der Waals surface area contributed by atoms with Gasteiger partial charge in [0, 0.05) is 25.5 Å². The van der Waals surface area contributed by atoms with E-state index in [0.29, 0.717) is 11.6 Å². The summed E-state index contributed by atoms with van der Waals surface area (Å²) in [5, 5.41) is 0. The molecule has 0 spiro atoms. The molecule has 1 aromatic heterocycles. The summed E-state index contributed by atoms with van der Waals surface area (Å²) in [6.45, 7) is 2.03. The maximum absolute atomic E-state index is 11.5. The summed E-state index contributed by atoms with van der Waals surface area (Å²) in [6.07, 6.45) is 4.55. The lowest BCUT2D eigenvalue weighted by molar-refractivity contribution is 0.0600. The van der Waals surface area contributed by atoms with Crippen LogP contribution >= 0.6 is 0 Å². The molecule has 0 N–H and O–H groups in total. The van der Waals surface area contributed by atoms with Gasteiger partial charge in [0.2, 0.25) is 0 Å². The lowest BCUT2D eigenvalue weighted by Gasteiger charge is -2.25. The Kier molecular flexibility index (Phi) is 4.29. The Labute approximate surface area is 131 Å². The Balaban J connectivity index is 1.72. The molecule has 22 heavy (non-hydrogen) atoms. The van der Waals surface area contributed by atoms with Gasteiger partial charge in [-0.3, -0.25) is 4.90 Å². The second kappa shape index (κ2) is 6.36. The van der Waals surface area contributed by atoms with Gasteiger partial charge in [-0.25, -0.2) is 4.79 Å². The molecule has 1 fully saturated rings. The summed E-state index contributed by atoms with van der Waals surface area (Å²) in [5.74, 6) is -0.283. The monoisotopic (exact) mass is 298 g/mol.